The van der Waals surface area contributed by atoms with Crippen molar-refractivity contribution in [2.45, 2.75) is 26.4 Å². The van der Waals surface area contributed by atoms with Crippen molar-refractivity contribution in [1.82, 2.24) is 9.80 Å². The van der Waals surface area contributed by atoms with Crippen LogP contribution >= 0.6 is 0 Å². The molecule has 1 rings (SSSR count). The fraction of sp³-hybridized carbons (Fsp3) is 0.900. The highest BCUT2D eigenvalue weighted by Gasteiger charge is 2.27. The average molecular weight is 216 g/mol. The zero-order valence-corrected chi connectivity index (χ0v) is 9.69. The first-order valence-corrected chi connectivity index (χ1v) is 5.23. The van der Waals surface area contributed by atoms with Crippen molar-refractivity contribution in [1.29, 1.82) is 0 Å². The Morgan fingerprint density at radius 1 is 1.40 bits per heavy atom. The number of aliphatic hydroxyl groups is 1. The molecule has 88 valence electrons. The average Bonchev–Trinajstić information content (AvgIpc) is 2.50. The number of aliphatic hydroxyl groups excluding tert-OH is 1. The number of ether oxygens (including phenoxy) is 1. The largest absolute Gasteiger partial charge is 0.444 e. The Labute approximate surface area is 90.6 Å². The van der Waals surface area contributed by atoms with E-state index in [0.29, 0.717) is 19.8 Å². The van der Waals surface area contributed by atoms with Gasteiger partial charge in [-0.2, -0.15) is 0 Å². The van der Waals surface area contributed by atoms with E-state index in [0.717, 1.165) is 6.54 Å². The van der Waals surface area contributed by atoms with Crippen molar-refractivity contribution in [2.24, 2.45) is 0 Å². The zero-order chi connectivity index (χ0) is 11.5. The molecule has 1 N–H and O–H groups in total. The second-order valence-electron chi connectivity index (χ2n) is 4.73. The Bertz CT molecular complexity index is 225. The number of rotatable bonds is 2. The lowest BCUT2D eigenvalue weighted by Gasteiger charge is -2.24. The van der Waals surface area contributed by atoms with Gasteiger partial charge in [-0.1, -0.05) is 0 Å². The number of hydrogen-bond donors (Lipinski definition) is 1. The molecular formula is C10H20N2O3. The fourth-order valence-corrected chi connectivity index (χ4v) is 1.44. The standard InChI is InChI=1S/C10H20N2O3/c1-10(2,3)15-9(14)12-5-4-11(8-12)6-7-13/h13H,4-8H2,1-3H3. The molecule has 15 heavy (non-hydrogen) atoms. The monoisotopic (exact) mass is 216 g/mol. The minimum absolute atomic E-state index is 0.127. The lowest BCUT2D eigenvalue weighted by Crippen LogP contribution is -2.36. The van der Waals surface area contributed by atoms with Gasteiger partial charge in [0.1, 0.15) is 5.60 Å². The first kappa shape index (κ1) is 12.3. The van der Waals surface area contributed by atoms with E-state index in [2.05, 4.69) is 0 Å². The summed E-state index contributed by atoms with van der Waals surface area (Å²) in [5.41, 5.74) is -0.443. The number of carbonyl (C=O) groups excluding carboxylic acids is 1. The Balaban J connectivity index is 2.37. The minimum Gasteiger partial charge on any atom is -0.444 e. The lowest BCUT2D eigenvalue weighted by molar-refractivity contribution is 0.0261. The van der Waals surface area contributed by atoms with Crippen LogP contribution in [-0.2, 0) is 4.74 Å². The molecule has 1 aliphatic rings. The Morgan fingerprint density at radius 2 is 2.07 bits per heavy atom. The number of carbonyl (C=O) groups is 1. The molecule has 1 saturated heterocycles. The maximum absolute atomic E-state index is 11.6. The summed E-state index contributed by atoms with van der Waals surface area (Å²) in [6.07, 6.45) is -0.275. The molecule has 0 bridgehead atoms. The van der Waals surface area contributed by atoms with Crippen molar-refractivity contribution >= 4 is 6.09 Å². The van der Waals surface area contributed by atoms with Crippen LogP contribution in [-0.4, -0.2) is 59.5 Å². The molecule has 0 spiro atoms. The summed E-state index contributed by atoms with van der Waals surface area (Å²) in [4.78, 5) is 15.3. The van der Waals surface area contributed by atoms with Crippen LogP contribution in [0.2, 0.25) is 0 Å². The summed E-state index contributed by atoms with van der Waals surface area (Å²) in [5.74, 6) is 0. The molecule has 1 fully saturated rings. The molecular weight excluding hydrogens is 196 g/mol. The van der Waals surface area contributed by atoms with Crippen molar-refractivity contribution in [2.75, 3.05) is 32.9 Å². The van der Waals surface area contributed by atoms with Crippen LogP contribution in [0.25, 0.3) is 0 Å². The smallest absolute Gasteiger partial charge is 0.411 e. The van der Waals surface area contributed by atoms with Gasteiger partial charge in [-0.3, -0.25) is 9.80 Å². The molecule has 0 aromatic carbocycles. The molecule has 0 unspecified atom stereocenters. The van der Waals surface area contributed by atoms with Gasteiger partial charge in [0.15, 0.2) is 0 Å². The van der Waals surface area contributed by atoms with E-state index in [-0.39, 0.29) is 12.7 Å². The van der Waals surface area contributed by atoms with Gasteiger partial charge >= 0.3 is 6.09 Å². The van der Waals surface area contributed by atoms with E-state index in [1.165, 1.54) is 0 Å². The number of β-amino-alcohol motifs (C(OH)–C–C–N with tert-alkyl or cyclic N) is 1. The molecule has 1 heterocycles. The van der Waals surface area contributed by atoms with Gasteiger partial charge in [-0.25, -0.2) is 4.79 Å². The molecule has 0 atom stereocenters. The molecule has 0 radical (unpaired) electrons. The van der Waals surface area contributed by atoms with E-state index in [1.54, 1.807) is 4.90 Å². The third kappa shape index (κ3) is 4.05. The molecule has 5 nitrogen and oxygen atoms in total. The maximum atomic E-state index is 11.6. The van der Waals surface area contributed by atoms with Crippen LogP contribution in [0.3, 0.4) is 0 Å². The summed E-state index contributed by atoms with van der Waals surface area (Å²) >= 11 is 0. The van der Waals surface area contributed by atoms with Crippen LogP contribution in [0.1, 0.15) is 20.8 Å². The van der Waals surface area contributed by atoms with Gasteiger partial charge < -0.3 is 9.84 Å². The van der Waals surface area contributed by atoms with Crippen LogP contribution in [0.15, 0.2) is 0 Å². The molecule has 5 heteroatoms. The van der Waals surface area contributed by atoms with E-state index in [1.807, 2.05) is 25.7 Å². The second kappa shape index (κ2) is 4.81. The SMILES string of the molecule is CC(C)(C)OC(=O)N1CCN(CCO)C1. The summed E-state index contributed by atoms with van der Waals surface area (Å²) in [7, 11) is 0. The fourth-order valence-electron chi connectivity index (χ4n) is 1.44. The van der Waals surface area contributed by atoms with E-state index >= 15 is 0 Å². The van der Waals surface area contributed by atoms with Gasteiger partial charge in [-0.15, -0.1) is 0 Å². The Kier molecular flexibility index (Phi) is 3.93. The van der Waals surface area contributed by atoms with Crippen molar-refractivity contribution in [3.63, 3.8) is 0 Å². The molecule has 1 amide bonds. The number of amides is 1. The third-order valence-electron chi connectivity index (χ3n) is 2.12. The third-order valence-corrected chi connectivity index (χ3v) is 2.12. The van der Waals surface area contributed by atoms with Crippen LogP contribution in [0.5, 0.6) is 0 Å². The summed E-state index contributed by atoms with van der Waals surface area (Å²) in [6.45, 7) is 8.33. The van der Waals surface area contributed by atoms with Crippen LogP contribution in [0.4, 0.5) is 4.79 Å². The highest BCUT2D eigenvalue weighted by molar-refractivity contribution is 5.68. The first-order chi connectivity index (χ1) is 6.92. The van der Waals surface area contributed by atoms with Crippen molar-refractivity contribution in [3.8, 4) is 0 Å². The van der Waals surface area contributed by atoms with Gasteiger partial charge in [0.05, 0.1) is 13.3 Å². The molecule has 0 saturated carbocycles. The predicted octanol–water partition coefficient (Wildman–Crippen LogP) is 0.489. The minimum atomic E-state index is -0.443. The summed E-state index contributed by atoms with van der Waals surface area (Å²) < 4.78 is 5.25. The van der Waals surface area contributed by atoms with Crippen LogP contribution < -0.4 is 0 Å². The normalized spacial score (nSPS) is 18.3. The lowest BCUT2D eigenvalue weighted by atomic mass is 10.2. The highest BCUT2D eigenvalue weighted by atomic mass is 16.6. The van der Waals surface area contributed by atoms with E-state index in [9.17, 15) is 4.79 Å². The maximum Gasteiger partial charge on any atom is 0.411 e. The van der Waals surface area contributed by atoms with Gasteiger partial charge in [0.2, 0.25) is 0 Å². The van der Waals surface area contributed by atoms with E-state index < -0.39 is 5.60 Å². The highest BCUT2D eigenvalue weighted by Crippen LogP contribution is 2.12. The molecule has 1 aliphatic heterocycles. The molecule has 0 aromatic heterocycles. The Morgan fingerprint density at radius 3 is 2.60 bits per heavy atom. The second-order valence-corrected chi connectivity index (χ2v) is 4.73. The predicted molar refractivity (Wildman–Crippen MR) is 56.5 cm³/mol. The zero-order valence-electron chi connectivity index (χ0n) is 9.69. The van der Waals surface area contributed by atoms with E-state index in [4.69, 9.17) is 9.84 Å². The van der Waals surface area contributed by atoms with Gasteiger partial charge in [0.25, 0.3) is 0 Å². The number of hydrogen-bond acceptors (Lipinski definition) is 4. The van der Waals surface area contributed by atoms with Crippen molar-refractivity contribution in [3.05, 3.63) is 0 Å². The topological polar surface area (TPSA) is 53.0 Å². The van der Waals surface area contributed by atoms with Crippen LogP contribution in [0, 0.1) is 0 Å². The summed E-state index contributed by atoms with van der Waals surface area (Å²) in [5, 5.41) is 8.76. The van der Waals surface area contributed by atoms with Gasteiger partial charge in [-0.05, 0) is 20.8 Å². The first-order valence-electron chi connectivity index (χ1n) is 5.23. The number of nitrogens with zero attached hydrogens (tertiary/aromatic N) is 2. The Hall–Kier alpha value is -0.810. The molecule has 0 aliphatic carbocycles. The van der Waals surface area contributed by atoms with Crippen molar-refractivity contribution < 1.29 is 14.6 Å². The van der Waals surface area contributed by atoms with Gasteiger partial charge in [0, 0.05) is 19.6 Å². The quantitative estimate of drug-likeness (QED) is 0.730. The molecule has 0 aromatic rings. The summed E-state index contributed by atoms with van der Waals surface area (Å²) in [6, 6.07) is 0.